The number of fused-ring (bicyclic) bond motifs is 1. The molecule has 0 bridgehead atoms. The largest absolute Gasteiger partial charge is 0.493 e. The number of methoxy groups -OCH3 is 2. The zero-order chi connectivity index (χ0) is 22.5. The first-order chi connectivity index (χ1) is 15.6. The molecule has 1 aliphatic heterocycles. The summed E-state index contributed by atoms with van der Waals surface area (Å²) in [5, 5.41) is 0.444. The van der Waals surface area contributed by atoms with Gasteiger partial charge in [-0.15, -0.1) is 0 Å². The summed E-state index contributed by atoms with van der Waals surface area (Å²) in [5.74, 6) is 1.70. The van der Waals surface area contributed by atoms with Crippen molar-refractivity contribution in [3.8, 4) is 11.5 Å². The second-order valence-corrected chi connectivity index (χ2v) is 8.23. The molecule has 2 heterocycles. The summed E-state index contributed by atoms with van der Waals surface area (Å²) in [4.78, 5) is 31.9. The zero-order valence-electron chi connectivity index (χ0n) is 18.6. The van der Waals surface area contributed by atoms with Gasteiger partial charge < -0.3 is 14.4 Å². The van der Waals surface area contributed by atoms with Gasteiger partial charge >= 0.3 is 0 Å². The van der Waals surface area contributed by atoms with Gasteiger partial charge in [0.2, 0.25) is 5.91 Å². The number of amides is 1. The lowest BCUT2D eigenvalue weighted by atomic mass is 9.90. The van der Waals surface area contributed by atoms with Crippen molar-refractivity contribution in [1.29, 1.82) is 0 Å². The molecule has 0 spiro atoms. The topological polar surface area (TPSA) is 73.7 Å². The zero-order valence-corrected chi connectivity index (χ0v) is 18.6. The minimum atomic E-state index is -0.190. The van der Waals surface area contributed by atoms with E-state index in [0.29, 0.717) is 34.9 Å². The van der Waals surface area contributed by atoms with Crippen LogP contribution in [-0.4, -0.2) is 47.7 Å². The number of aromatic nitrogens is 2. The number of likely N-dealkylation sites (tertiary alicyclic amines) is 1. The predicted octanol–water partition coefficient (Wildman–Crippen LogP) is 3.29. The van der Waals surface area contributed by atoms with Crippen molar-refractivity contribution < 1.29 is 14.3 Å². The van der Waals surface area contributed by atoms with Gasteiger partial charge in [-0.05, 0) is 36.8 Å². The van der Waals surface area contributed by atoms with Crippen LogP contribution in [-0.2, 0) is 17.8 Å². The molecule has 0 N–H and O–H groups in total. The highest BCUT2D eigenvalue weighted by Gasteiger charge is 2.23. The van der Waals surface area contributed by atoms with Crippen LogP contribution in [0.15, 0.2) is 53.6 Å². The van der Waals surface area contributed by atoms with E-state index in [1.165, 1.54) is 23.6 Å². The molecule has 0 aliphatic carbocycles. The van der Waals surface area contributed by atoms with Crippen LogP contribution in [0.1, 0.15) is 24.8 Å². The van der Waals surface area contributed by atoms with E-state index in [2.05, 4.69) is 29.2 Å². The second-order valence-electron chi connectivity index (χ2n) is 8.23. The number of carbonyl (C=O) groups is 1. The summed E-state index contributed by atoms with van der Waals surface area (Å²) in [6.07, 6.45) is 4.87. The maximum absolute atomic E-state index is 12.9. The number of ether oxygens (including phenoxy) is 2. The van der Waals surface area contributed by atoms with E-state index in [1.54, 1.807) is 19.2 Å². The lowest BCUT2D eigenvalue weighted by Crippen LogP contribution is -2.39. The summed E-state index contributed by atoms with van der Waals surface area (Å²) in [5.41, 5.74) is 1.70. The molecular weight excluding hydrogens is 406 g/mol. The first-order valence-electron chi connectivity index (χ1n) is 11.0. The van der Waals surface area contributed by atoms with Gasteiger partial charge in [0.25, 0.3) is 5.56 Å². The summed E-state index contributed by atoms with van der Waals surface area (Å²) in [7, 11) is 3.07. The number of hydrogen-bond donors (Lipinski definition) is 0. The van der Waals surface area contributed by atoms with E-state index >= 15 is 0 Å². The number of nitrogens with zero attached hydrogens (tertiary/aromatic N) is 3. The Labute approximate surface area is 187 Å². The SMILES string of the molecule is COc1cc2ncn(CCC(=O)N3CCC(Cc4ccccc4)CC3)c(=O)c2cc1OC. The van der Waals surface area contributed by atoms with Crippen LogP contribution >= 0.6 is 0 Å². The van der Waals surface area contributed by atoms with Crippen molar-refractivity contribution in [2.45, 2.75) is 32.2 Å². The average molecular weight is 436 g/mol. The molecule has 1 aromatic heterocycles. The average Bonchev–Trinajstić information content (AvgIpc) is 2.84. The summed E-state index contributed by atoms with van der Waals surface area (Å²) >= 11 is 0. The van der Waals surface area contributed by atoms with E-state index in [0.717, 1.165) is 32.4 Å². The molecule has 4 rings (SSSR count). The van der Waals surface area contributed by atoms with E-state index in [4.69, 9.17) is 9.47 Å². The molecule has 1 saturated heterocycles. The molecule has 3 aromatic rings. The molecule has 0 saturated carbocycles. The van der Waals surface area contributed by atoms with Crippen LogP contribution in [0.25, 0.3) is 10.9 Å². The first kappa shape index (κ1) is 21.9. The molecule has 1 amide bonds. The van der Waals surface area contributed by atoms with Crippen molar-refractivity contribution in [3.63, 3.8) is 0 Å². The monoisotopic (exact) mass is 435 g/mol. The quantitative estimate of drug-likeness (QED) is 0.569. The molecule has 168 valence electrons. The summed E-state index contributed by atoms with van der Waals surface area (Å²) in [6.45, 7) is 1.86. The molecule has 1 aliphatic rings. The highest BCUT2D eigenvalue weighted by molar-refractivity contribution is 5.81. The smallest absolute Gasteiger partial charge is 0.261 e. The molecule has 7 nitrogen and oxygen atoms in total. The van der Waals surface area contributed by atoms with Crippen LogP contribution in [0.4, 0.5) is 0 Å². The molecule has 1 fully saturated rings. The fourth-order valence-electron chi connectivity index (χ4n) is 4.35. The van der Waals surface area contributed by atoms with Crippen LogP contribution in [0.5, 0.6) is 11.5 Å². The molecule has 7 heteroatoms. The van der Waals surface area contributed by atoms with Crippen LogP contribution in [0.3, 0.4) is 0 Å². The third kappa shape index (κ3) is 4.77. The number of benzene rings is 2. The van der Waals surface area contributed by atoms with Gasteiger partial charge in [-0.1, -0.05) is 30.3 Å². The van der Waals surface area contributed by atoms with Gasteiger partial charge in [-0.3, -0.25) is 14.2 Å². The second kappa shape index (κ2) is 9.85. The van der Waals surface area contributed by atoms with E-state index in [1.807, 2.05) is 11.0 Å². The lowest BCUT2D eigenvalue weighted by molar-refractivity contribution is -0.132. The Morgan fingerprint density at radius 1 is 1.06 bits per heavy atom. The summed E-state index contributed by atoms with van der Waals surface area (Å²) < 4.78 is 12.1. The molecule has 0 unspecified atom stereocenters. The van der Waals surface area contributed by atoms with Gasteiger partial charge in [0.15, 0.2) is 11.5 Å². The Hall–Kier alpha value is -3.35. The van der Waals surface area contributed by atoms with Gasteiger partial charge in [0.1, 0.15) is 0 Å². The Kier molecular flexibility index (Phi) is 6.73. The standard InChI is InChI=1S/C25H29N3O4/c1-31-22-15-20-21(16-23(22)32-2)26-17-28(25(20)30)13-10-24(29)27-11-8-19(9-12-27)14-18-6-4-3-5-7-18/h3-7,15-17,19H,8-14H2,1-2H3. The number of carbonyl (C=O) groups excluding carboxylic acids is 1. The third-order valence-corrected chi connectivity index (χ3v) is 6.23. The minimum absolute atomic E-state index is 0.0856. The molecule has 0 atom stereocenters. The normalized spacial score (nSPS) is 14.5. The fourth-order valence-corrected chi connectivity index (χ4v) is 4.35. The van der Waals surface area contributed by atoms with Crippen LogP contribution in [0, 0.1) is 5.92 Å². The predicted molar refractivity (Wildman–Crippen MR) is 123 cm³/mol. The third-order valence-electron chi connectivity index (χ3n) is 6.23. The van der Waals surface area contributed by atoms with Gasteiger partial charge in [0.05, 0.1) is 31.4 Å². The highest BCUT2D eigenvalue weighted by atomic mass is 16.5. The Balaban J connectivity index is 1.36. The van der Waals surface area contributed by atoms with Gasteiger partial charge in [0, 0.05) is 32.1 Å². The lowest BCUT2D eigenvalue weighted by Gasteiger charge is -2.32. The number of aryl methyl sites for hydroxylation is 1. The number of piperidine rings is 1. The van der Waals surface area contributed by atoms with Crippen LogP contribution in [0.2, 0.25) is 0 Å². The molecular formula is C25H29N3O4. The first-order valence-corrected chi connectivity index (χ1v) is 11.0. The molecule has 32 heavy (non-hydrogen) atoms. The van der Waals surface area contributed by atoms with Crippen LogP contribution < -0.4 is 15.0 Å². The number of hydrogen-bond acceptors (Lipinski definition) is 5. The van der Waals surface area contributed by atoms with Crippen molar-refractivity contribution in [2.75, 3.05) is 27.3 Å². The maximum atomic E-state index is 12.9. The molecule has 0 radical (unpaired) electrons. The Morgan fingerprint density at radius 3 is 2.44 bits per heavy atom. The van der Waals surface area contributed by atoms with Crippen molar-refractivity contribution in [1.82, 2.24) is 14.5 Å². The summed E-state index contributed by atoms with van der Waals surface area (Å²) in [6, 6.07) is 13.8. The van der Waals surface area contributed by atoms with Crippen molar-refractivity contribution >= 4 is 16.8 Å². The Bertz CT molecular complexity index is 1140. The van der Waals surface area contributed by atoms with E-state index < -0.39 is 0 Å². The van der Waals surface area contributed by atoms with E-state index in [-0.39, 0.29) is 17.9 Å². The van der Waals surface area contributed by atoms with Crippen molar-refractivity contribution in [3.05, 3.63) is 64.7 Å². The van der Waals surface area contributed by atoms with E-state index in [9.17, 15) is 9.59 Å². The highest BCUT2D eigenvalue weighted by Crippen LogP contribution is 2.29. The minimum Gasteiger partial charge on any atom is -0.493 e. The van der Waals surface area contributed by atoms with Gasteiger partial charge in [-0.25, -0.2) is 4.98 Å². The van der Waals surface area contributed by atoms with Crippen molar-refractivity contribution in [2.24, 2.45) is 5.92 Å². The Morgan fingerprint density at radius 2 is 1.75 bits per heavy atom. The molecule has 2 aromatic carbocycles. The van der Waals surface area contributed by atoms with Gasteiger partial charge in [-0.2, -0.15) is 0 Å². The number of rotatable bonds is 7. The fraction of sp³-hybridized carbons (Fsp3) is 0.400. The maximum Gasteiger partial charge on any atom is 0.261 e.